The number of aryl methyl sites for hydroxylation is 1. The Bertz CT molecular complexity index is 369. The van der Waals surface area contributed by atoms with Gasteiger partial charge in [-0.1, -0.05) is 6.07 Å². The maximum absolute atomic E-state index is 13.1. The summed E-state index contributed by atoms with van der Waals surface area (Å²) >= 11 is 0. The van der Waals surface area contributed by atoms with Crippen LogP contribution in [0.4, 0.5) is 4.39 Å². The van der Waals surface area contributed by atoms with Crippen LogP contribution in [0.1, 0.15) is 17.0 Å². The highest BCUT2D eigenvalue weighted by atomic mass is 19.1. The Hall–Kier alpha value is -1.62. The SMILES string of the molecule is Cc1cc(C(CN)C(=O)O)cc(O)c1F. The highest BCUT2D eigenvalue weighted by Gasteiger charge is 2.20. The first-order valence-corrected chi connectivity index (χ1v) is 4.39. The third kappa shape index (κ3) is 2.24. The van der Waals surface area contributed by atoms with Crippen LogP contribution < -0.4 is 5.73 Å². The van der Waals surface area contributed by atoms with Crippen molar-refractivity contribution < 1.29 is 19.4 Å². The van der Waals surface area contributed by atoms with E-state index >= 15 is 0 Å². The first-order valence-electron chi connectivity index (χ1n) is 4.39. The second-order valence-corrected chi connectivity index (χ2v) is 3.30. The lowest BCUT2D eigenvalue weighted by molar-refractivity contribution is -0.138. The van der Waals surface area contributed by atoms with Gasteiger partial charge in [0.2, 0.25) is 0 Å². The summed E-state index contributed by atoms with van der Waals surface area (Å²) in [5.41, 5.74) is 5.79. The minimum atomic E-state index is -1.09. The van der Waals surface area contributed by atoms with Crippen molar-refractivity contribution in [1.29, 1.82) is 0 Å². The van der Waals surface area contributed by atoms with E-state index in [-0.39, 0.29) is 12.1 Å². The third-order valence-electron chi connectivity index (χ3n) is 2.19. The molecule has 1 unspecified atom stereocenters. The fourth-order valence-corrected chi connectivity index (χ4v) is 1.36. The molecule has 0 aliphatic carbocycles. The summed E-state index contributed by atoms with van der Waals surface area (Å²) in [5.74, 6) is -3.30. The standard InChI is InChI=1S/C10H12FNO3/c1-5-2-6(3-8(13)9(5)11)7(4-12)10(14)15/h2-3,7,13H,4,12H2,1H3,(H,14,15). The van der Waals surface area contributed by atoms with Crippen molar-refractivity contribution in [3.8, 4) is 5.75 Å². The molecule has 0 radical (unpaired) electrons. The first-order chi connectivity index (χ1) is 6.97. The number of hydrogen-bond donors (Lipinski definition) is 3. The Balaban J connectivity index is 3.20. The van der Waals surface area contributed by atoms with Crippen molar-refractivity contribution in [1.82, 2.24) is 0 Å². The molecule has 0 bridgehead atoms. The zero-order chi connectivity index (χ0) is 11.6. The van der Waals surface area contributed by atoms with Gasteiger partial charge in [-0.15, -0.1) is 0 Å². The van der Waals surface area contributed by atoms with Gasteiger partial charge in [0.15, 0.2) is 11.6 Å². The van der Waals surface area contributed by atoms with E-state index in [4.69, 9.17) is 10.8 Å². The second kappa shape index (κ2) is 4.27. The quantitative estimate of drug-likeness (QED) is 0.698. The molecule has 0 saturated carbocycles. The molecule has 1 aromatic rings. The number of nitrogens with two attached hydrogens (primary N) is 1. The van der Waals surface area contributed by atoms with E-state index in [0.717, 1.165) is 6.07 Å². The van der Waals surface area contributed by atoms with E-state index in [9.17, 15) is 14.3 Å². The number of hydrogen-bond acceptors (Lipinski definition) is 3. The molecule has 1 rings (SSSR count). The van der Waals surface area contributed by atoms with Crippen LogP contribution in [0.3, 0.4) is 0 Å². The molecule has 0 aliphatic rings. The summed E-state index contributed by atoms with van der Waals surface area (Å²) in [7, 11) is 0. The molecule has 4 N–H and O–H groups in total. The van der Waals surface area contributed by atoms with Crippen LogP contribution >= 0.6 is 0 Å². The molecule has 0 amide bonds. The molecule has 0 fully saturated rings. The van der Waals surface area contributed by atoms with Crippen molar-refractivity contribution in [2.75, 3.05) is 6.54 Å². The number of aromatic hydroxyl groups is 1. The van der Waals surface area contributed by atoms with Crippen LogP contribution in [0.5, 0.6) is 5.75 Å². The molecule has 0 saturated heterocycles. The molecule has 5 heteroatoms. The van der Waals surface area contributed by atoms with Crippen molar-refractivity contribution in [3.05, 3.63) is 29.1 Å². The summed E-state index contributed by atoms with van der Waals surface area (Å²) < 4.78 is 13.1. The van der Waals surface area contributed by atoms with Gasteiger partial charge in [0.05, 0.1) is 5.92 Å². The summed E-state index contributed by atoms with van der Waals surface area (Å²) in [6.45, 7) is 1.35. The zero-order valence-electron chi connectivity index (χ0n) is 8.20. The van der Waals surface area contributed by atoms with Gasteiger partial charge in [0.25, 0.3) is 0 Å². The lowest BCUT2D eigenvalue weighted by Crippen LogP contribution is -2.21. The van der Waals surface area contributed by atoms with E-state index in [1.54, 1.807) is 0 Å². The molecule has 1 atom stereocenters. The molecule has 82 valence electrons. The number of aliphatic carboxylic acids is 1. The lowest BCUT2D eigenvalue weighted by atomic mass is 9.97. The van der Waals surface area contributed by atoms with E-state index in [1.807, 2.05) is 0 Å². The fourth-order valence-electron chi connectivity index (χ4n) is 1.36. The summed E-state index contributed by atoms with van der Waals surface area (Å²) in [6, 6.07) is 2.47. The van der Waals surface area contributed by atoms with Crippen LogP contribution in [0.15, 0.2) is 12.1 Å². The van der Waals surface area contributed by atoms with Crippen LogP contribution in [-0.4, -0.2) is 22.7 Å². The Kier molecular flexibility index (Phi) is 3.26. The van der Waals surface area contributed by atoms with Crippen molar-refractivity contribution >= 4 is 5.97 Å². The smallest absolute Gasteiger partial charge is 0.312 e. The Labute approximate surface area is 86.1 Å². The van der Waals surface area contributed by atoms with Gasteiger partial charge < -0.3 is 15.9 Å². The summed E-state index contributed by atoms with van der Waals surface area (Å²) in [4.78, 5) is 10.8. The Morgan fingerprint density at radius 3 is 2.60 bits per heavy atom. The zero-order valence-corrected chi connectivity index (χ0v) is 8.20. The van der Waals surface area contributed by atoms with E-state index in [1.165, 1.54) is 13.0 Å². The van der Waals surface area contributed by atoms with Crippen LogP contribution in [0.25, 0.3) is 0 Å². The maximum atomic E-state index is 13.1. The molecular formula is C10H12FNO3. The minimum Gasteiger partial charge on any atom is -0.505 e. The molecule has 1 aromatic carbocycles. The van der Waals surface area contributed by atoms with Gasteiger partial charge in [-0.2, -0.15) is 0 Å². The van der Waals surface area contributed by atoms with Gasteiger partial charge in [-0.3, -0.25) is 4.79 Å². The van der Waals surface area contributed by atoms with Crippen molar-refractivity contribution in [3.63, 3.8) is 0 Å². The molecule has 0 aromatic heterocycles. The average molecular weight is 213 g/mol. The predicted molar refractivity (Wildman–Crippen MR) is 52.2 cm³/mol. The van der Waals surface area contributed by atoms with Gasteiger partial charge in [0, 0.05) is 6.54 Å². The fraction of sp³-hybridized carbons (Fsp3) is 0.300. The number of benzene rings is 1. The highest BCUT2D eigenvalue weighted by molar-refractivity contribution is 5.76. The summed E-state index contributed by atoms with van der Waals surface area (Å²) in [5, 5.41) is 18.0. The number of phenols is 1. The van der Waals surface area contributed by atoms with Crippen LogP contribution in [-0.2, 0) is 4.79 Å². The van der Waals surface area contributed by atoms with Gasteiger partial charge in [-0.05, 0) is 24.1 Å². The van der Waals surface area contributed by atoms with Crippen LogP contribution in [0.2, 0.25) is 0 Å². The average Bonchev–Trinajstić information content (AvgIpc) is 2.14. The number of rotatable bonds is 3. The third-order valence-corrected chi connectivity index (χ3v) is 2.19. The monoisotopic (exact) mass is 213 g/mol. The van der Waals surface area contributed by atoms with Gasteiger partial charge in [0.1, 0.15) is 0 Å². The topological polar surface area (TPSA) is 83.6 Å². The van der Waals surface area contributed by atoms with Crippen LogP contribution in [0, 0.1) is 12.7 Å². The molecular weight excluding hydrogens is 201 g/mol. The Morgan fingerprint density at radius 1 is 1.60 bits per heavy atom. The minimum absolute atomic E-state index is 0.0974. The number of halogens is 1. The van der Waals surface area contributed by atoms with E-state index in [0.29, 0.717) is 5.56 Å². The highest BCUT2D eigenvalue weighted by Crippen LogP contribution is 2.25. The lowest BCUT2D eigenvalue weighted by Gasteiger charge is -2.11. The molecule has 15 heavy (non-hydrogen) atoms. The predicted octanol–water partition coefficient (Wildman–Crippen LogP) is 0.967. The largest absolute Gasteiger partial charge is 0.505 e. The first kappa shape index (κ1) is 11.5. The number of phenolic OH excluding ortho intramolecular Hbond substituents is 1. The maximum Gasteiger partial charge on any atom is 0.312 e. The second-order valence-electron chi connectivity index (χ2n) is 3.30. The van der Waals surface area contributed by atoms with Gasteiger partial charge in [-0.25, -0.2) is 4.39 Å². The van der Waals surface area contributed by atoms with E-state index < -0.39 is 23.5 Å². The molecule has 0 heterocycles. The van der Waals surface area contributed by atoms with Crippen molar-refractivity contribution in [2.45, 2.75) is 12.8 Å². The number of carbonyl (C=O) groups is 1. The van der Waals surface area contributed by atoms with Crippen molar-refractivity contribution in [2.24, 2.45) is 5.73 Å². The van der Waals surface area contributed by atoms with E-state index in [2.05, 4.69) is 0 Å². The number of carboxylic acid groups (broad SMARTS) is 1. The Morgan fingerprint density at radius 2 is 2.20 bits per heavy atom. The normalized spacial score (nSPS) is 12.5. The molecule has 0 aliphatic heterocycles. The van der Waals surface area contributed by atoms with Gasteiger partial charge >= 0.3 is 5.97 Å². The number of carboxylic acids is 1. The summed E-state index contributed by atoms with van der Waals surface area (Å²) in [6.07, 6.45) is 0. The molecule has 4 nitrogen and oxygen atoms in total. The molecule has 0 spiro atoms.